The lowest BCUT2D eigenvalue weighted by Crippen LogP contribution is -2.37. The number of hydrogen-bond acceptors (Lipinski definition) is 5. The fraction of sp³-hybridized carbons (Fsp3) is 0.583. The highest BCUT2D eigenvalue weighted by atomic mass is 16.2. The molecule has 0 aliphatic carbocycles. The van der Waals surface area contributed by atoms with Crippen LogP contribution in [-0.2, 0) is 4.79 Å². The molecule has 1 aromatic rings. The zero-order chi connectivity index (χ0) is 13.9. The summed E-state index contributed by atoms with van der Waals surface area (Å²) in [6.07, 6.45) is 0. The minimum atomic E-state index is -0.322. The second kappa shape index (κ2) is 5.66. The molecule has 6 heteroatoms. The molecular formula is C12H21N5O. The van der Waals surface area contributed by atoms with E-state index in [1.54, 1.807) is 19.0 Å². The SMILES string of the molecule is CNc1nc(C)nc(NC(C)C(=O)N(C)C)c1C. The Morgan fingerprint density at radius 2 is 1.78 bits per heavy atom. The number of likely N-dealkylation sites (N-methyl/N-ethyl adjacent to an activating group) is 1. The molecule has 18 heavy (non-hydrogen) atoms. The van der Waals surface area contributed by atoms with Crippen molar-refractivity contribution in [2.75, 3.05) is 31.8 Å². The fourth-order valence-corrected chi connectivity index (χ4v) is 1.67. The van der Waals surface area contributed by atoms with Crippen molar-refractivity contribution in [1.82, 2.24) is 14.9 Å². The van der Waals surface area contributed by atoms with Gasteiger partial charge >= 0.3 is 0 Å². The van der Waals surface area contributed by atoms with E-state index in [-0.39, 0.29) is 11.9 Å². The van der Waals surface area contributed by atoms with Crippen LogP contribution in [0.3, 0.4) is 0 Å². The molecule has 1 amide bonds. The molecule has 6 nitrogen and oxygen atoms in total. The summed E-state index contributed by atoms with van der Waals surface area (Å²) in [5.41, 5.74) is 0.904. The Labute approximate surface area is 108 Å². The molecule has 0 saturated carbocycles. The van der Waals surface area contributed by atoms with Crippen LogP contribution in [0.2, 0.25) is 0 Å². The molecule has 1 rings (SSSR count). The lowest BCUT2D eigenvalue weighted by molar-refractivity contribution is -0.129. The Morgan fingerprint density at radius 1 is 1.22 bits per heavy atom. The lowest BCUT2D eigenvalue weighted by atomic mass is 10.2. The number of nitrogens with one attached hydrogen (secondary N) is 2. The van der Waals surface area contributed by atoms with E-state index in [4.69, 9.17) is 0 Å². The van der Waals surface area contributed by atoms with Crippen molar-refractivity contribution in [2.24, 2.45) is 0 Å². The number of rotatable bonds is 4. The molecular weight excluding hydrogens is 230 g/mol. The van der Waals surface area contributed by atoms with E-state index in [1.165, 1.54) is 0 Å². The molecule has 1 unspecified atom stereocenters. The highest BCUT2D eigenvalue weighted by Gasteiger charge is 2.17. The number of hydrogen-bond donors (Lipinski definition) is 2. The topological polar surface area (TPSA) is 70.1 Å². The van der Waals surface area contributed by atoms with Gasteiger partial charge in [0, 0.05) is 26.7 Å². The van der Waals surface area contributed by atoms with Gasteiger partial charge < -0.3 is 15.5 Å². The normalized spacial score (nSPS) is 11.9. The highest BCUT2D eigenvalue weighted by Crippen LogP contribution is 2.20. The molecule has 0 fully saturated rings. The van der Waals surface area contributed by atoms with Gasteiger partial charge in [-0.1, -0.05) is 0 Å². The van der Waals surface area contributed by atoms with Crippen molar-refractivity contribution >= 4 is 17.5 Å². The van der Waals surface area contributed by atoms with Crippen molar-refractivity contribution in [2.45, 2.75) is 26.8 Å². The summed E-state index contributed by atoms with van der Waals surface area (Å²) in [6, 6.07) is -0.322. The number of nitrogens with zero attached hydrogens (tertiary/aromatic N) is 3. The Bertz CT molecular complexity index is 444. The Kier molecular flexibility index (Phi) is 4.47. The van der Waals surface area contributed by atoms with Gasteiger partial charge in [0.05, 0.1) is 0 Å². The van der Waals surface area contributed by atoms with Crippen LogP contribution >= 0.6 is 0 Å². The molecule has 1 heterocycles. The molecule has 0 spiro atoms. The van der Waals surface area contributed by atoms with Crippen LogP contribution in [0.25, 0.3) is 0 Å². The number of carbonyl (C=O) groups is 1. The Hall–Kier alpha value is -1.85. The van der Waals surface area contributed by atoms with Crippen molar-refractivity contribution in [1.29, 1.82) is 0 Å². The molecule has 1 atom stereocenters. The van der Waals surface area contributed by atoms with Gasteiger partial charge in [0.15, 0.2) is 0 Å². The Balaban J connectivity index is 2.97. The second-order valence-corrected chi connectivity index (χ2v) is 4.44. The van der Waals surface area contributed by atoms with Crippen molar-refractivity contribution in [3.05, 3.63) is 11.4 Å². The van der Waals surface area contributed by atoms with Crippen LogP contribution in [0.15, 0.2) is 0 Å². The summed E-state index contributed by atoms with van der Waals surface area (Å²) in [5.74, 6) is 2.14. The molecule has 2 N–H and O–H groups in total. The first-order valence-electron chi connectivity index (χ1n) is 5.87. The first-order chi connectivity index (χ1) is 8.36. The van der Waals surface area contributed by atoms with Gasteiger partial charge in [-0.15, -0.1) is 0 Å². The van der Waals surface area contributed by atoms with Gasteiger partial charge in [0.25, 0.3) is 0 Å². The standard InChI is InChI=1S/C12H21N5O/c1-7-10(13-4)15-9(3)16-11(7)14-8(2)12(18)17(5)6/h8H,1-6H3,(H2,13,14,15,16). The average molecular weight is 251 g/mol. The van der Waals surface area contributed by atoms with Crippen molar-refractivity contribution in [3.8, 4) is 0 Å². The van der Waals surface area contributed by atoms with E-state index in [2.05, 4.69) is 20.6 Å². The molecule has 0 radical (unpaired) electrons. The van der Waals surface area contributed by atoms with E-state index in [1.807, 2.05) is 27.8 Å². The van der Waals surface area contributed by atoms with Gasteiger partial charge in [0.1, 0.15) is 23.5 Å². The van der Waals surface area contributed by atoms with Gasteiger partial charge in [-0.3, -0.25) is 4.79 Å². The monoisotopic (exact) mass is 251 g/mol. The zero-order valence-corrected chi connectivity index (χ0v) is 11.8. The summed E-state index contributed by atoms with van der Waals surface area (Å²) < 4.78 is 0. The quantitative estimate of drug-likeness (QED) is 0.836. The summed E-state index contributed by atoms with van der Waals surface area (Å²) >= 11 is 0. The summed E-state index contributed by atoms with van der Waals surface area (Å²) in [5, 5.41) is 6.14. The van der Waals surface area contributed by atoms with Crippen molar-refractivity contribution in [3.63, 3.8) is 0 Å². The van der Waals surface area contributed by atoms with E-state index < -0.39 is 0 Å². The van der Waals surface area contributed by atoms with E-state index in [9.17, 15) is 4.79 Å². The molecule has 0 aromatic carbocycles. The van der Waals surface area contributed by atoms with Gasteiger partial charge in [-0.05, 0) is 20.8 Å². The smallest absolute Gasteiger partial charge is 0.244 e. The minimum absolute atomic E-state index is 0.0108. The third kappa shape index (κ3) is 3.09. The minimum Gasteiger partial charge on any atom is -0.373 e. The third-order valence-electron chi connectivity index (χ3n) is 2.66. The van der Waals surface area contributed by atoms with Gasteiger partial charge in [-0.25, -0.2) is 9.97 Å². The van der Waals surface area contributed by atoms with Crippen LogP contribution in [-0.4, -0.2) is 48.0 Å². The van der Waals surface area contributed by atoms with Gasteiger partial charge in [0.2, 0.25) is 5.91 Å². The van der Waals surface area contributed by atoms with E-state index in [0.717, 1.165) is 11.4 Å². The largest absolute Gasteiger partial charge is 0.373 e. The van der Waals surface area contributed by atoms with Crippen LogP contribution in [0.5, 0.6) is 0 Å². The number of carbonyl (C=O) groups excluding carboxylic acids is 1. The highest BCUT2D eigenvalue weighted by molar-refractivity contribution is 5.84. The average Bonchev–Trinajstić information content (AvgIpc) is 2.31. The number of amides is 1. The maximum absolute atomic E-state index is 11.8. The number of aromatic nitrogens is 2. The maximum Gasteiger partial charge on any atom is 0.244 e. The first-order valence-corrected chi connectivity index (χ1v) is 5.87. The number of anilines is 2. The molecule has 0 saturated heterocycles. The summed E-state index contributed by atoms with van der Waals surface area (Å²) in [7, 11) is 5.28. The maximum atomic E-state index is 11.8. The first kappa shape index (κ1) is 14.2. The predicted octanol–water partition coefficient (Wildman–Crippen LogP) is 1.02. The van der Waals surface area contributed by atoms with E-state index in [0.29, 0.717) is 11.6 Å². The second-order valence-electron chi connectivity index (χ2n) is 4.44. The molecule has 0 aliphatic heterocycles. The Morgan fingerprint density at radius 3 is 2.28 bits per heavy atom. The van der Waals surface area contributed by atoms with Crippen molar-refractivity contribution < 1.29 is 4.79 Å². The predicted molar refractivity (Wildman–Crippen MR) is 72.8 cm³/mol. The molecule has 0 bridgehead atoms. The summed E-state index contributed by atoms with van der Waals surface area (Å²) in [4.78, 5) is 22.0. The van der Waals surface area contributed by atoms with Gasteiger partial charge in [-0.2, -0.15) is 0 Å². The summed E-state index contributed by atoms with van der Waals surface area (Å²) in [6.45, 7) is 5.56. The third-order valence-corrected chi connectivity index (χ3v) is 2.66. The molecule has 1 aromatic heterocycles. The molecule has 0 aliphatic rings. The van der Waals surface area contributed by atoms with E-state index >= 15 is 0 Å². The molecule has 100 valence electrons. The lowest BCUT2D eigenvalue weighted by Gasteiger charge is -2.20. The number of aryl methyl sites for hydroxylation is 1. The van der Waals surface area contributed by atoms with Crippen LogP contribution in [0, 0.1) is 13.8 Å². The van der Waals surface area contributed by atoms with Crippen LogP contribution in [0.1, 0.15) is 18.3 Å². The fourth-order valence-electron chi connectivity index (χ4n) is 1.67. The van der Waals surface area contributed by atoms with Crippen LogP contribution < -0.4 is 10.6 Å². The van der Waals surface area contributed by atoms with Crippen LogP contribution in [0.4, 0.5) is 11.6 Å². The zero-order valence-electron chi connectivity index (χ0n) is 11.8.